The predicted molar refractivity (Wildman–Crippen MR) is 54.9 cm³/mol. The van der Waals surface area contributed by atoms with Gasteiger partial charge < -0.3 is 0 Å². The van der Waals surface area contributed by atoms with E-state index in [1.165, 1.54) is 6.33 Å². The minimum absolute atomic E-state index is 0.727. The number of hydrogen-bond acceptors (Lipinski definition) is 4. The molecule has 0 atom stereocenters. The summed E-state index contributed by atoms with van der Waals surface area (Å²) in [6.07, 6.45) is 4.95. The van der Waals surface area contributed by atoms with Crippen molar-refractivity contribution in [3.63, 3.8) is 0 Å². The number of hydrogen-bond donors (Lipinski definition) is 1. The Morgan fingerprint density at radius 3 is 2.93 bits per heavy atom. The van der Waals surface area contributed by atoms with Gasteiger partial charge in [-0.1, -0.05) is 6.07 Å². The predicted octanol–water partition coefficient (Wildman–Crippen LogP) is 1.41. The van der Waals surface area contributed by atoms with Crippen LogP contribution in [0.4, 0.5) is 0 Å². The molecular formula is C10H7N5. The number of rotatable bonds is 1. The maximum Gasteiger partial charge on any atom is 0.159 e. The van der Waals surface area contributed by atoms with E-state index in [1.807, 2.05) is 18.2 Å². The third-order valence-electron chi connectivity index (χ3n) is 2.16. The molecule has 0 spiro atoms. The van der Waals surface area contributed by atoms with E-state index in [4.69, 9.17) is 0 Å². The van der Waals surface area contributed by atoms with Gasteiger partial charge in [-0.2, -0.15) is 5.10 Å². The summed E-state index contributed by atoms with van der Waals surface area (Å²) in [6, 6.07) is 5.71. The highest BCUT2D eigenvalue weighted by atomic mass is 15.1. The summed E-state index contributed by atoms with van der Waals surface area (Å²) in [6.45, 7) is 0. The Labute approximate surface area is 85.2 Å². The van der Waals surface area contributed by atoms with Crippen LogP contribution in [0.2, 0.25) is 0 Å². The lowest BCUT2D eigenvalue weighted by atomic mass is 10.2. The molecule has 0 bridgehead atoms. The summed E-state index contributed by atoms with van der Waals surface area (Å²) in [7, 11) is 0. The largest absolute Gasteiger partial charge is 0.261 e. The van der Waals surface area contributed by atoms with Gasteiger partial charge in [-0.25, -0.2) is 9.97 Å². The van der Waals surface area contributed by atoms with E-state index in [0.29, 0.717) is 0 Å². The molecule has 0 radical (unpaired) electrons. The van der Waals surface area contributed by atoms with E-state index in [-0.39, 0.29) is 0 Å². The van der Waals surface area contributed by atoms with Gasteiger partial charge in [0.25, 0.3) is 0 Å². The molecular weight excluding hydrogens is 190 g/mol. The first-order valence-corrected chi connectivity index (χ1v) is 4.50. The molecule has 72 valence electrons. The van der Waals surface area contributed by atoms with E-state index < -0.39 is 0 Å². The SMILES string of the molecule is c1ccc(-c2ncnc3[nH]ncc23)nc1. The standard InChI is InChI=1S/C10H7N5/c1-2-4-11-8(3-1)9-7-5-14-15-10(7)13-6-12-9/h1-6H,(H,12,13,14,15). The number of aromatic amines is 1. The van der Waals surface area contributed by atoms with Crippen LogP contribution in [0.25, 0.3) is 22.4 Å². The average molecular weight is 197 g/mol. The Morgan fingerprint density at radius 2 is 2.07 bits per heavy atom. The van der Waals surface area contributed by atoms with Crippen LogP contribution in [0.3, 0.4) is 0 Å². The molecule has 3 aromatic rings. The van der Waals surface area contributed by atoms with Crippen molar-refractivity contribution in [3.05, 3.63) is 36.9 Å². The summed E-state index contributed by atoms with van der Waals surface area (Å²) in [5.74, 6) is 0. The highest BCUT2D eigenvalue weighted by Gasteiger charge is 2.07. The Morgan fingerprint density at radius 1 is 1.07 bits per heavy atom. The van der Waals surface area contributed by atoms with Gasteiger partial charge in [0.2, 0.25) is 0 Å². The topological polar surface area (TPSA) is 67.3 Å². The van der Waals surface area contributed by atoms with Crippen molar-refractivity contribution in [2.45, 2.75) is 0 Å². The van der Waals surface area contributed by atoms with Crippen LogP contribution in [-0.2, 0) is 0 Å². The molecule has 3 rings (SSSR count). The van der Waals surface area contributed by atoms with Crippen LogP contribution in [0.15, 0.2) is 36.9 Å². The number of aromatic nitrogens is 5. The second kappa shape index (κ2) is 3.13. The monoisotopic (exact) mass is 197 g/mol. The van der Waals surface area contributed by atoms with Crippen molar-refractivity contribution >= 4 is 11.0 Å². The zero-order chi connectivity index (χ0) is 10.1. The quantitative estimate of drug-likeness (QED) is 0.640. The second-order valence-corrected chi connectivity index (χ2v) is 3.07. The van der Waals surface area contributed by atoms with Crippen LogP contribution < -0.4 is 0 Å². The van der Waals surface area contributed by atoms with Crippen LogP contribution in [0.5, 0.6) is 0 Å². The van der Waals surface area contributed by atoms with Crippen molar-refractivity contribution in [1.29, 1.82) is 0 Å². The fourth-order valence-electron chi connectivity index (χ4n) is 1.47. The fraction of sp³-hybridized carbons (Fsp3) is 0. The summed E-state index contributed by atoms with van der Waals surface area (Å²) in [5.41, 5.74) is 2.35. The first kappa shape index (κ1) is 8.05. The molecule has 0 amide bonds. The van der Waals surface area contributed by atoms with Crippen molar-refractivity contribution < 1.29 is 0 Å². The highest BCUT2D eigenvalue weighted by Crippen LogP contribution is 2.21. The van der Waals surface area contributed by atoms with Crippen LogP contribution in [-0.4, -0.2) is 25.1 Å². The molecule has 0 aliphatic heterocycles. The van der Waals surface area contributed by atoms with E-state index in [0.717, 1.165) is 22.4 Å². The summed E-state index contributed by atoms with van der Waals surface area (Å²) in [5, 5.41) is 7.62. The number of nitrogens with zero attached hydrogens (tertiary/aromatic N) is 4. The minimum atomic E-state index is 0.727. The Hall–Kier alpha value is -2.30. The van der Waals surface area contributed by atoms with Crippen LogP contribution in [0, 0.1) is 0 Å². The lowest BCUT2D eigenvalue weighted by Crippen LogP contribution is -1.88. The minimum Gasteiger partial charge on any atom is -0.261 e. The van der Waals surface area contributed by atoms with Gasteiger partial charge in [-0.05, 0) is 12.1 Å². The molecule has 0 saturated carbocycles. The van der Waals surface area contributed by atoms with Gasteiger partial charge in [0.1, 0.15) is 12.0 Å². The molecule has 0 fully saturated rings. The van der Waals surface area contributed by atoms with Crippen molar-refractivity contribution in [3.8, 4) is 11.4 Å². The fourth-order valence-corrected chi connectivity index (χ4v) is 1.47. The summed E-state index contributed by atoms with van der Waals surface area (Å²) in [4.78, 5) is 12.5. The molecule has 3 heterocycles. The third-order valence-corrected chi connectivity index (χ3v) is 2.16. The van der Waals surface area contributed by atoms with Gasteiger partial charge >= 0.3 is 0 Å². The molecule has 0 aliphatic carbocycles. The molecule has 5 nitrogen and oxygen atoms in total. The number of nitrogens with one attached hydrogen (secondary N) is 1. The van der Waals surface area contributed by atoms with Gasteiger partial charge in [-0.3, -0.25) is 10.1 Å². The van der Waals surface area contributed by atoms with Gasteiger partial charge in [0, 0.05) is 6.20 Å². The van der Waals surface area contributed by atoms with E-state index in [1.54, 1.807) is 12.4 Å². The van der Waals surface area contributed by atoms with Gasteiger partial charge in [0.15, 0.2) is 5.65 Å². The first-order valence-electron chi connectivity index (χ1n) is 4.50. The van der Waals surface area contributed by atoms with Crippen LogP contribution in [0.1, 0.15) is 0 Å². The van der Waals surface area contributed by atoms with E-state index in [2.05, 4.69) is 25.1 Å². The van der Waals surface area contributed by atoms with Crippen molar-refractivity contribution in [2.24, 2.45) is 0 Å². The Bertz CT molecular complexity index is 587. The molecule has 3 aromatic heterocycles. The average Bonchev–Trinajstić information content (AvgIpc) is 2.78. The first-order chi connectivity index (χ1) is 7.45. The van der Waals surface area contributed by atoms with Gasteiger partial charge in [-0.15, -0.1) is 0 Å². The van der Waals surface area contributed by atoms with E-state index >= 15 is 0 Å². The Kier molecular flexibility index (Phi) is 1.68. The molecule has 0 aromatic carbocycles. The van der Waals surface area contributed by atoms with Gasteiger partial charge in [0.05, 0.1) is 17.3 Å². The summed E-state index contributed by atoms with van der Waals surface area (Å²) < 4.78 is 0. The lowest BCUT2D eigenvalue weighted by molar-refractivity contribution is 1.09. The maximum atomic E-state index is 4.25. The Balaban J connectivity index is 2.31. The number of pyridine rings is 1. The molecule has 0 aliphatic rings. The number of H-pyrrole nitrogens is 1. The van der Waals surface area contributed by atoms with Crippen LogP contribution >= 0.6 is 0 Å². The zero-order valence-electron chi connectivity index (χ0n) is 7.75. The molecule has 0 saturated heterocycles. The summed E-state index contributed by atoms with van der Waals surface area (Å²) >= 11 is 0. The van der Waals surface area contributed by atoms with Crippen molar-refractivity contribution in [1.82, 2.24) is 25.1 Å². The van der Waals surface area contributed by atoms with E-state index in [9.17, 15) is 0 Å². The normalized spacial score (nSPS) is 10.7. The maximum absolute atomic E-state index is 4.25. The smallest absolute Gasteiger partial charge is 0.159 e. The molecule has 0 unspecified atom stereocenters. The third kappa shape index (κ3) is 1.25. The second-order valence-electron chi connectivity index (χ2n) is 3.07. The highest BCUT2D eigenvalue weighted by molar-refractivity contribution is 5.88. The molecule has 1 N–H and O–H groups in total. The molecule has 15 heavy (non-hydrogen) atoms. The zero-order valence-corrected chi connectivity index (χ0v) is 7.75. The number of fused-ring (bicyclic) bond motifs is 1. The lowest BCUT2D eigenvalue weighted by Gasteiger charge is -1.98. The van der Waals surface area contributed by atoms with Crippen molar-refractivity contribution in [2.75, 3.05) is 0 Å². The molecule has 5 heteroatoms.